The standard InChI is InChI=1S/C6H12O3/c1-2-5-4-8-6(3-7)9-5/h5-7H,2-4H2,1H3/t5-,6+/m0/s1. The second-order valence-electron chi connectivity index (χ2n) is 2.11. The van der Waals surface area contributed by atoms with Gasteiger partial charge in [0.25, 0.3) is 0 Å². The number of aliphatic hydroxyl groups is 1. The topological polar surface area (TPSA) is 38.7 Å². The summed E-state index contributed by atoms with van der Waals surface area (Å²) in [6.07, 6.45) is 0.786. The van der Waals surface area contributed by atoms with Crippen molar-refractivity contribution in [1.82, 2.24) is 0 Å². The predicted molar refractivity (Wildman–Crippen MR) is 32.0 cm³/mol. The molecular formula is C6H12O3. The Morgan fingerprint density at radius 3 is 2.78 bits per heavy atom. The Bertz CT molecular complexity index is 74.4. The molecule has 0 aromatic carbocycles. The third-order valence-electron chi connectivity index (χ3n) is 1.42. The average Bonchev–Trinajstić information content (AvgIpc) is 2.34. The lowest BCUT2D eigenvalue weighted by Crippen LogP contribution is -2.14. The van der Waals surface area contributed by atoms with Gasteiger partial charge in [-0.25, -0.2) is 0 Å². The summed E-state index contributed by atoms with van der Waals surface area (Å²) in [7, 11) is 0. The first-order valence-corrected chi connectivity index (χ1v) is 3.24. The molecule has 3 nitrogen and oxygen atoms in total. The maximum Gasteiger partial charge on any atom is 0.181 e. The molecule has 0 aromatic rings. The van der Waals surface area contributed by atoms with Crippen LogP contribution in [0.1, 0.15) is 13.3 Å². The van der Waals surface area contributed by atoms with Gasteiger partial charge in [0.15, 0.2) is 6.29 Å². The van der Waals surface area contributed by atoms with Crippen LogP contribution in [0.2, 0.25) is 0 Å². The smallest absolute Gasteiger partial charge is 0.181 e. The van der Waals surface area contributed by atoms with Crippen molar-refractivity contribution < 1.29 is 14.6 Å². The lowest BCUT2D eigenvalue weighted by Gasteiger charge is -2.05. The highest BCUT2D eigenvalue weighted by molar-refractivity contribution is 4.61. The molecule has 54 valence electrons. The molecule has 0 bridgehead atoms. The van der Waals surface area contributed by atoms with E-state index in [1.54, 1.807) is 0 Å². The van der Waals surface area contributed by atoms with Crippen LogP contribution >= 0.6 is 0 Å². The van der Waals surface area contributed by atoms with Gasteiger partial charge in [-0.05, 0) is 6.42 Å². The third-order valence-corrected chi connectivity index (χ3v) is 1.42. The Morgan fingerprint density at radius 2 is 2.44 bits per heavy atom. The molecule has 0 radical (unpaired) electrons. The summed E-state index contributed by atoms with van der Waals surface area (Å²) >= 11 is 0. The van der Waals surface area contributed by atoms with Crippen LogP contribution in [0, 0.1) is 0 Å². The van der Waals surface area contributed by atoms with Crippen molar-refractivity contribution in [2.45, 2.75) is 25.7 Å². The van der Waals surface area contributed by atoms with E-state index < -0.39 is 0 Å². The zero-order valence-corrected chi connectivity index (χ0v) is 5.54. The van der Waals surface area contributed by atoms with Gasteiger partial charge < -0.3 is 14.6 Å². The van der Waals surface area contributed by atoms with E-state index in [0.29, 0.717) is 6.61 Å². The van der Waals surface area contributed by atoms with Crippen molar-refractivity contribution >= 4 is 0 Å². The molecule has 1 aliphatic heterocycles. The van der Waals surface area contributed by atoms with E-state index in [1.165, 1.54) is 0 Å². The van der Waals surface area contributed by atoms with Gasteiger partial charge >= 0.3 is 0 Å². The number of ether oxygens (including phenoxy) is 2. The SMILES string of the molecule is CC[C@H]1CO[C@@H](CO)O1. The molecule has 1 aliphatic rings. The molecule has 1 N–H and O–H groups in total. The van der Waals surface area contributed by atoms with E-state index in [2.05, 4.69) is 0 Å². The van der Waals surface area contributed by atoms with Crippen molar-refractivity contribution in [3.63, 3.8) is 0 Å². The van der Waals surface area contributed by atoms with Crippen LogP contribution in [-0.4, -0.2) is 30.7 Å². The molecule has 1 fully saturated rings. The summed E-state index contributed by atoms with van der Waals surface area (Å²) in [5.74, 6) is 0. The summed E-state index contributed by atoms with van der Waals surface area (Å²) in [4.78, 5) is 0. The van der Waals surface area contributed by atoms with Crippen molar-refractivity contribution in [3.8, 4) is 0 Å². The number of aliphatic hydroxyl groups excluding tert-OH is 1. The first-order chi connectivity index (χ1) is 4.36. The monoisotopic (exact) mass is 132 g/mol. The van der Waals surface area contributed by atoms with Crippen molar-refractivity contribution in [3.05, 3.63) is 0 Å². The molecule has 0 unspecified atom stereocenters. The Hall–Kier alpha value is -0.120. The van der Waals surface area contributed by atoms with Gasteiger partial charge in [-0.1, -0.05) is 6.92 Å². The highest BCUT2D eigenvalue weighted by atomic mass is 16.7. The molecule has 3 heteroatoms. The lowest BCUT2D eigenvalue weighted by molar-refractivity contribution is -0.0878. The van der Waals surface area contributed by atoms with Crippen LogP contribution in [0.3, 0.4) is 0 Å². The van der Waals surface area contributed by atoms with Gasteiger partial charge in [0.2, 0.25) is 0 Å². The van der Waals surface area contributed by atoms with E-state index >= 15 is 0 Å². The maximum atomic E-state index is 8.53. The van der Waals surface area contributed by atoms with E-state index in [9.17, 15) is 0 Å². The normalized spacial score (nSPS) is 35.3. The summed E-state index contributed by atoms with van der Waals surface area (Å²) < 4.78 is 10.2. The third kappa shape index (κ3) is 1.64. The van der Waals surface area contributed by atoms with Gasteiger partial charge in [-0.2, -0.15) is 0 Å². The average molecular weight is 132 g/mol. The van der Waals surface area contributed by atoms with Crippen LogP contribution < -0.4 is 0 Å². The van der Waals surface area contributed by atoms with Gasteiger partial charge in [-0.3, -0.25) is 0 Å². The summed E-state index contributed by atoms with van der Waals surface area (Å²) in [5.41, 5.74) is 0. The molecule has 1 heterocycles. The quantitative estimate of drug-likeness (QED) is 0.580. The highest BCUT2D eigenvalue weighted by Crippen LogP contribution is 2.12. The first kappa shape index (κ1) is 6.99. The molecule has 0 saturated carbocycles. The van der Waals surface area contributed by atoms with Crippen LogP contribution in [0.25, 0.3) is 0 Å². The molecule has 1 rings (SSSR count). The van der Waals surface area contributed by atoms with Crippen LogP contribution in [0.15, 0.2) is 0 Å². The molecule has 0 aliphatic carbocycles. The summed E-state index contributed by atoms with van der Waals surface area (Å²) in [6, 6.07) is 0. The Morgan fingerprint density at radius 1 is 1.67 bits per heavy atom. The van der Waals surface area contributed by atoms with E-state index in [0.717, 1.165) is 6.42 Å². The zero-order valence-electron chi connectivity index (χ0n) is 5.54. The minimum Gasteiger partial charge on any atom is -0.391 e. The first-order valence-electron chi connectivity index (χ1n) is 3.24. The Labute approximate surface area is 54.6 Å². The van der Waals surface area contributed by atoms with Gasteiger partial charge in [0.1, 0.15) is 0 Å². The molecule has 1 saturated heterocycles. The minimum atomic E-state index is -0.366. The number of hydrogen-bond donors (Lipinski definition) is 1. The fourth-order valence-corrected chi connectivity index (χ4v) is 0.818. The molecule has 2 atom stereocenters. The molecule has 0 spiro atoms. The fourth-order valence-electron chi connectivity index (χ4n) is 0.818. The van der Waals surface area contributed by atoms with E-state index in [1.807, 2.05) is 6.92 Å². The maximum absolute atomic E-state index is 8.53. The summed E-state index contributed by atoms with van der Waals surface area (Å²) in [6.45, 7) is 2.63. The van der Waals surface area contributed by atoms with Crippen LogP contribution in [0.5, 0.6) is 0 Å². The van der Waals surface area contributed by atoms with E-state index in [4.69, 9.17) is 14.6 Å². The van der Waals surface area contributed by atoms with Gasteiger partial charge in [0.05, 0.1) is 19.3 Å². The second-order valence-corrected chi connectivity index (χ2v) is 2.11. The fraction of sp³-hybridized carbons (Fsp3) is 1.00. The lowest BCUT2D eigenvalue weighted by atomic mass is 10.3. The van der Waals surface area contributed by atoms with Crippen molar-refractivity contribution in [1.29, 1.82) is 0 Å². The molecule has 9 heavy (non-hydrogen) atoms. The van der Waals surface area contributed by atoms with Crippen LogP contribution in [0.4, 0.5) is 0 Å². The molecule has 0 amide bonds. The van der Waals surface area contributed by atoms with Crippen LogP contribution in [-0.2, 0) is 9.47 Å². The Kier molecular flexibility index (Phi) is 2.45. The summed E-state index contributed by atoms with van der Waals surface area (Å²) in [5, 5.41) is 8.53. The second kappa shape index (κ2) is 3.15. The van der Waals surface area contributed by atoms with E-state index in [-0.39, 0.29) is 19.0 Å². The van der Waals surface area contributed by atoms with Gasteiger partial charge in [0, 0.05) is 0 Å². The Balaban J connectivity index is 2.20. The zero-order chi connectivity index (χ0) is 6.69. The number of rotatable bonds is 2. The molecular weight excluding hydrogens is 120 g/mol. The van der Waals surface area contributed by atoms with Crippen molar-refractivity contribution in [2.75, 3.05) is 13.2 Å². The highest BCUT2D eigenvalue weighted by Gasteiger charge is 2.22. The van der Waals surface area contributed by atoms with Gasteiger partial charge in [-0.15, -0.1) is 0 Å². The molecule has 0 aromatic heterocycles. The van der Waals surface area contributed by atoms with Crippen molar-refractivity contribution in [2.24, 2.45) is 0 Å². The predicted octanol–water partition coefficient (Wildman–Crippen LogP) is 0.130. The number of hydrogen-bond acceptors (Lipinski definition) is 3. The minimum absolute atomic E-state index is 0.0312. The largest absolute Gasteiger partial charge is 0.391 e.